The number of halogens is 1. The molecule has 5 heteroatoms. The van der Waals surface area contributed by atoms with Crippen LogP contribution in [0.15, 0.2) is 53.9 Å². The molecule has 0 spiro atoms. The second-order valence-electron chi connectivity index (χ2n) is 4.65. The molecule has 0 saturated carbocycles. The van der Waals surface area contributed by atoms with E-state index in [4.69, 9.17) is 11.6 Å². The van der Waals surface area contributed by atoms with Gasteiger partial charge in [-0.25, -0.2) is 9.97 Å². The molecule has 0 aliphatic carbocycles. The average Bonchev–Trinajstić information content (AvgIpc) is 3.14. The topological polar surface area (TPSA) is 41.6 Å². The molecule has 0 aliphatic heterocycles. The lowest BCUT2D eigenvalue weighted by Gasteiger charge is -1.95. The Kier molecular flexibility index (Phi) is 2.98. The summed E-state index contributed by atoms with van der Waals surface area (Å²) in [6.45, 7) is 0. The van der Waals surface area contributed by atoms with Gasteiger partial charge in [0.15, 0.2) is 10.8 Å². The van der Waals surface area contributed by atoms with Crippen molar-refractivity contribution in [2.45, 2.75) is 0 Å². The molecule has 2 aromatic carbocycles. The van der Waals surface area contributed by atoms with Crippen LogP contribution in [-0.4, -0.2) is 15.0 Å². The number of fused-ring (bicyclic) bond motifs is 1. The third kappa shape index (κ3) is 2.33. The van der Waals surface area contributed by atoms with Crippen LogP contribution in [0.4, 0.5) is 0 Å². The van der Waals surface area contributed by atoms with E-state index in [1.54, 1.807) is 11.3 Å². The van der Waals surface area contributed by atoms with Crippen molar-refractivity contribution in [3.05, 3.63) is 58.9 Å². The number of nitrogens with one attached hydrogen (secondary N) is 1. The summed E-state index contributed by atoms with van der Waals surface area (Å²) in [7, 11) is 0. The quantitative estimate of drug-likeness (QED) is 0.565. The molecule has 1 N–H and O–H groups in total. The van der Waals surface area contributed by atoms with Crippen molar-refractivity contribution in [2.24, 2.45) is 0 Å². The molecule has 0 atom stereocenters. The molecular formula is C16H10ClN3S. The van der Waals surface area contributed by atoms with E-state index < -0.39 is 0 Å². The van der Waals surface area contributed by atoms with Crippen LogP contribution < -0.4 is 0 Å². The fraction of sp³-hybridized carbons (Fsp3) is 0. The van der Waals surface area contributed by atoms with Crippen molar-refractivity contribution in [2.75, 3.05) is 0 Å². The molecule has 0 radical (unpaired) electrons. The first kappa shape index (κ1) is 12.6. The number of imidazole rings is 1. The van der Waals surface area contributed by atoms with E-state index in [1.807, 2.05) is 53.9 Å². The van der Waals surface area contributed by atoms with Gasteiger partial charge in [-0.1, -0.05) is 35.9 Å². The predicted octanol–water partition coefficient (Wildman–Crippen LogP) is 5.01. The number of benzene rings is 2. The van der Waals surface area contributed by atoms with Crippen LogP contribution in [-0.2, 0) is 0 Å². The van der Waals surface area contributed by atoms with Crippen molar-refractivity contribution in [1.29, 1.82) is 0 Å². The molecule has 0 unspecified atom stereocenters. The van der Waals surface area contributed by atoms with Crippen LogP contribution in [0, 0.1) is 0 Å². The fourth-order valence-electron chi connectivity index (χ4n) is 2.19. The zero-order chi connectivity index (χ0) is 14.2. The second kappa shape index (κ2) is 4.98. The largest absolute Gasteiger partial charge is 0.336 e. The van der Waals surface area contributed by atoms with E-state index in [1.165, 1.54) is 0 Å². The number of para-hydroxylation sites is 2. The van der Waals surface area contributed by atoms with Gasteiger partial charge < -0.3 is 4.98 Å². The summed E-state index contributed by atoms with van der Waals surface area (Å²) in [6, 6.07) is 15.7. The Morgan fingerprint density at radius 1 is 0.952 bits per heavy atom. The van der Waals surface area contributed by atoms with Crippen LogP contribution in [0.3, 0.4) is 0 Å². The number of H-pyrrole nitrogens is 1. The highest BCUT2D eigenvalue weighted by Crippen LogP contribution is 2.29. The van der Waals surface area contributed by atoms with Gasteiger partial charge in [0.05, 0.1) is 16.7 Å². The molecule has 21 heavy (non-hydrogen) atoms. The predicted molar refractivity (Wildman–Crippen MR) is 87.6 cm³/mol. The van der Waals surface area contributed by atoms with Crippen LogP contribution in [0.25, 0.3) is 33.1 Å². The summed E-state index contributed by atoms with van der Waals surface area (Å²) in [5.41, 5.74) is 3.97. The lowest BCUT2D eigenvalue weighted by Crippen LogP contribution is -1.81. The molecule has 0 fully saturated rings. The van der Waals surface area contributed by atoms with Crippen LogP contribution in [0.2, 0.25) is 5.02 Å². The van der Waals surface area contributed by atoms with Gasteiger partial charge in [0.2, 0.25) is 0 Å². The maximum Gasteiger partial charge on any atom is 0.167 e. The number of rotatable bonds is 2. The van der Waals surface area contributed by atoms with Gasteiger partial charge in [0.25, 0.3) is 0 Å². The highest BCUT2D eigenvalue weighted by Gasteiger charge is 2.10. The molecule has 2 heterocycles. The first-order valence-corrected chi connectivity index (χ1v) is 7.72. The van der Waals surface area contributed by atoms with E-state index >= 15 is 0 Å². The number of aromatic amines is 1. The molecule has 2 aromatic heterocycles. The van der Waals surface area contributed by atoms with Crippen LogP contribution in [0.5, 0.6) is 0 Å². The Morgan fingerprint density at radius 2 is 1.76 bits per heavy atom. The number of thiazole rings is 1. The van der Waals surface area contributed by atoms with Gasteiger partial charge in [-0.15, -0.1) is 11.3 Å². The van der Waals surface area contributed by atoms with Gasteiger partial charge in [-0.05, 0) is 24.3 Å². The summed E-state index contributed by atoms with van der Waals surface area (Å²) in [5.74, 6) is 0.807. The Bertz CT molecular complexity index is 876. The van der Waals surface area contributed by atoms with E-state index in [0.29, 0.717) is 0 Å². The summed E-state index contributed by atoms with van der Waals surface area (Å²) in [6.07, 6.45) is 0. The smallest absolute Gasteiger partial charge is 0.167 e. The fourth-order valence-corrected chi connectivity index (χ4v) is 3.09. The van der Waals surface area contributed by atoms with Gasteiger partial charge in [0, 0.05) is 16.0 Å². The Balaban J connectivity index is 1.75. The maximum atomic E-state index is 5.91. The van der Waals surface area contributed by atoms with E-state index in [9.17, 15) is 0 Å². The second-order valence-corrected chi connectivity index (χ2v) is 5.94. The average molecular weight is 312 g/mol. The highest BCUT2D eigenvalue weighted by atomic mass is 35.5. The van der Waals surface area contributed by atoms with Gasteiger partial charge in [-0.3, -0.25) is 0 Å². The molecule has 0 saturated heterocycles. The van der Waals surface area contributed by atoms with E-state index in [-0.39, 0.29) is 0 Å². The van der Waals surface area contributed by atoms with Crippen molar-refractivity contribution < 1.29 is 0 Å². The third-order valence-electron chi connectivity index (χ3n) is 3.24. The normalized spacial score (nSPS) is 11.1. The van der Waals surface area contributed by atoms with Gasteiger partial charge in [-0.2, -0.15) is 0 Å². The Labute approximate surface area is 130 Å². The zero-order valence-electron chi connectivity index (χ0n) is 10.9. The third-order valence-corrected chi connectivity index (χ3v) is 4.34. The molecule has 0 amide bonds. The molecule has 4 aromatic rings. The maximum absolute atomic E-state index is 5.91. The van der Waals surface area contributed by atoms with E-state index in [2.05, 4.69) is 15.0 Å². The minimum absolute atomic E-state index is 0.728. The van der Waals surface area contributed by atoms with Crippen molar-refractivity contribution in [3.63, 3.8) is 0 Å². The summed E-state index contributed by atoms with van der Waals surface area (Å²) in [5, 5.41) is 3.65. The minimum Gasteiger partial charge on any atom is -0.336 e. The minimum atomic E-state index is 0.728. The summed E-state index contributed by atoms with van der Waals surface area (Å²) < 4.78 is 0. The molecule has 3 nitrogen and oxygen atoms in total. The number of hydrogen-bond acceptors (Lipinski definition) is 3. The van der Waals surface area contributed by atoms with E-state index in [0.717, 1.165) is 38.1 Å². The summed E-state index contributed by atoms with van der Waals surface area (Å²) in [4.78, 5) is 12.5. The Hall–Kier alpha value is -2.17. The van der Waals surface area contributed by atoms with Crippen molar-refractivity contribution in [1.82, 2.24) is 15.0 Å². The first-order valence-electron chi connectivity index (χ1n) is 6.46. The molecule has 102 valence electrons. The lowest BCUT2D eigenvalue weighted by molar-refractivity contribution is 1.29. The Morgan fingerprint density at radius 3 is 2.57 bits per heavy atom. The van der Waals surface area contributed by atoms with Crippen molar-refractivity contribution >= 4 is 34.0 Å². The number of nitrogens with zero attached hydrogens (tertiary/aromatic N) is 2. The van der Waals surface area contributed by atoms with Crippen molar-refractivity contribution in [3.8, 4) is 22.1 Å². The summed E-state index contributed by atoms with van der Waals surface area (Å²) >= 11 is 7.49. The van der Waals surface area contributed by atoms with Crippen LogP contribution in [0.1, 0.15) is 0 Å². The van der Waals surface area contributed by atoms with Crippen LogP contribution >= 0.6 is 22.9 Å². The van der Waals surface area contributed by atoms with Gasteiger partial charge in [0.1, 0.15) is 0 Å². The standard InChI is InChI=1S/C16H10ClN3S/c17-11-7-5-10(6-8-11)14-9-21-16(20-14)15-18-12-3-1-2-4-13(12)19-15/h1-9H,(H,18,19). The zero-order valence-corrected chi connectivity index (χ0v) is 12.4. The number of aromatic nitrogens is 3. The molecule has 0 bridgehead atoms. The molecular weight excluding hydrogens is 302 g/mol. The van der Waals surface area contributed by atoms with Gasteiger partial charge >= 0.3 is 0 Å². The monoisotopic (exact) mass is 311 g/mol. The number of hydrogen-bond donors (Lipinski definition) is 1. The first-order chi connectivity index (χ1) is 10.3. The molecule has 4 rings (SSSR count). The lowest BCUT2D eigenvalue weighted by atomic mass is 10.2. The molecule has 0 aliphatic rings. The SMILES string of the molecule is Clc1ccc(-c2csc(-c3nc4ccccc4[nH]3)n2)cc1. The highest BCUT2D eigenvalue weighted by molar-refractivity contribution is 7.13.